The molecule has 0 saturated carbocycles. The Morgan fingerprint density at radius 1 is 1.19 bits per heavy atom. The number of piperazine rings is 1. The van der Waals surface area contributed by atoms with E-state index in [1.54, 1.807) is 0 Å². The van der Waals surface area contributed by atoms with Crippen molar-refractivity contribution in [1.82, 2.24) is 9.21 Å². The van der Waals surface area contributed by atoms with Crippen LogP contribution < -0.4 is 5.14 Å². The Labute approximate surface area is 94.4 Å². The van der Waals surface area contributed by atoms with Gasteiger partial charge in [0.1, 0.15) is 5.78 Å². The van der Waals surface area contributed by atoms with Gasteiger partial charge in [-0.2, -0.15) is 12.7 Å². The maximum absolute atomic E-state index is 11.5. The lowest BCUT2D eigenvalue weighted by Gasteiger charge is -2.32. The second kappa shape index (κ2) is 4.89. The van der Waals surface area contributed by atoms with Crippen LogP contribution in [0.5, 0.6) is 0 Å². The topological polar surface area (TPSA) is 101 Å². The Balaban J connectivity index is 2.49. The molecule has 0 bridgehead atoms. The van der Waals surface area contributed by atoms with Crippen LogP contribution in [-0.4, -0.2) is 55.5 Å². The summed E-state index contributed by atoms with van der Waals surface area (Å²) in [7, 11) is -3.67. The van der Waals surface area contributed by atoms with Crippen molar-refractivity contribution in [3.63, 3.8) is 0 Å². The number of rotatable bonds is 3. The van der Waals surface area contributed by atoms with Crippen LogP contribution in [0.1, 0.15) is 13.3 Å². The van der Waals surface area contributed by atoms with Crippen LogP contribution in [0, 0.1) is 0 Å². The first-order chi connectivity index (χ1) is 7.30. The Kier molecular flexibility index (Phi) is 4.00. The average Bonchev–Trinajstić information content (AvgIpc) is 2.15. The van der Waals surface area contributed by atoms with E-state index in [1.165, 1.54) is 11.8 Å². The second-order valence-corrected chi connectivity index (χ2v) is 5.25. The standard InChI is InChI=1S/C8H15N3O4S/c1-7(12)6-8(13)10-2-4-11(5-3-10)16(9,14)15/h2-6H2,1H3,(H2,9,14,15). The number of carbonyl (C=O) groups excluding carboxylic acids is 2. The Bertz CT molecular complexity index is 384. The summed E-state index contributed by atoms with van der Waals surface area (Å²) in [6.45, 7) is 2.27. The van der Waals surface area contributed by atoms with E-state index in [0.29, 0.717) is 0 Å². The minimum atomic E-state index is -3.67. The summed E-state index contributed by atoms with van der Waals surface area (Å²) in [6.07, 6.45) is -0.130. The molecule has 16 heavy (non-hydrogen) atoms. The lowest BCUT2D eigenvalue weighted by molar-refractivity contribution is -0.135. The highest BCUT2D eigenvalue weighted by Crippen LogP contribution is 2.06. The number of nitrogens with zero attached hydrogens (tertiary/aromatic N) is 2. The molecule has 0 aromatic carbocycles. The largest absolute Gasteiger partial charge is 0.340 e. The molecule has 0 spiro atoms. The third kappa shape index (κ3) is 3.54. The molecule has 8 heteroatoms. The number of hydrogen-bond donors (Lipinski definition) is 1. The first-order valence-corrected chi connectivity index (χ1v) is 6.36. The normalized spacial score (nSPS) is 18.5. The van der Waals surface area contributed by atoms with Gasteiger partial charge in [0, 0.05) is 26.2 Å². The summed E-state index contributed by atoms with van der Waals surface area (Å²) in [5.41, 5.74) is 0. The summed E-state index contributed by atoms with van der Waals surface area (Å²) < 4.78 is 23.1. The quantitative estimate of drug-likeness (QED) is 0.603. The van der Waals surface area contributed by atoms with E-state index in [-0.39, 0.29) is 44.3 Å². The van der Waals surface area contributed by atoms with Gasteiger partial charge in [-0.1, -0.05) is 0 Å². The monoisotopic (exact) mass is 249 g/mol. The smallest absolute Gasteiger partial charge is 0.277 e. The van der Waals surface area contributed by atoms with Crippen LogP contribution in [0.25, 0.3) is 0 Å². The first-order valence-electron chi connectivity index (χ1n) is 4.86. The Morgan fingerprint density at radius 2 is 1.69 bits per heavy atom. The number of amides is 1. The van der Waals surface area contributed by atoms with Crippen molar-refractivity contribution in [2.75, 3.05) is 26.2 Å². The van der Waals surface area contributed by atoms with Gasteiger partial charge in [-0.25, -0.2) is 5.14 Å². The van der Waals surface area contributed by atoms with Gasteiger partial charge >= 0.3 is 0 Å². The number of Topliss-reactive ketones (excluding diaryl/α,β-unsaturated/α-hetero) is 1. The zero-order chi connectivity index (χ0) is 12.3. The van der Waals surface area contributed by atoms with Crippen molar-refractivity contribution < 1.29 is 18.0 Å². The van der Waals surface area contributed by atoms with Crippen LogP contribution in [0.15, 0.2) is 0 Å². The molecule has 1 fully saturated rings. The van der Waals surface area contributed by atoms with Crippen LogP contribution in [0.3, 0.4) is 0 Å². The van der Waals surface area contributed by atoms with Crippen molar-refractivity contribution in [3.8, 4) is 0 Å². The maximum Gasteiger partial charge on any atom is 0.277 e. The molecular weight excluding hydrogens is 234 g/mol. The number of ketones is 1. The van der Waals surface area contributed by atoms with Gasteiger partial charge < -0.3 is 4.90 Å². The van der Waals surface area contributed by atoms with Crippen LogP contribution in [0.4, 0.5) is 0 Å². The summed E-state index contributed by atoms with van der Waals surface area (Å²) in [5, 5.41) is 4.95. The molecule has 7 nitrogen and oxygen atoms in total. The molecule has 1 amide bonds. The van der Waals surface area contributed by atoms with Crippen LogP contribution in [-0.2, 0) is 19.8 Å². The predicted molar refractivity (Wildman–Crippen MR) is 56.6 cm³/mol. The zero-order valence-corrected chi connectivity index (χ0v) is 9.87. The van der Waals surface area contributed by atoms with E-state index >= 15 is 0 Å². The number of nitrogens with two attached hydrogens (primary N) is 1. The van der Waals surface area contributed by atoms with Crippen molar-refractivity contribution in [2.45, 2.75) is 13.3 Å². The Hall–Kier alpha value is -0.990. The number of carbonyl (C=O) groups is 2. The molecule has 1 aliphatic rings. The molecule has 2 N–H and O–H groups in total. The van der Waals surface area contributed by atoms with Crippen molar-refractivity contribution in [1.29, 1.82) is 0 Å². The molecule has 1 aliphatic heterocycles. The van der Waals surface area contributed by atoms with Crippen LogP contribution in [0.2, 0.25) is 0 Å². The van der Waals surface area contributed by atoms with Crippen molar-refractivity contribution in [3.05, 3.63) is 0 Å². The van der Waals surface area contributed by atoms with Gasteiger partial charge in [0.25, 0.3) is 10.2 Å². The molecule has 1 heterocycles. The van der Waals surface area contributed by atoms with E-state index < -0.39 is 10.2 Å². The lowest BCUT2D eigenvalue weighted by Crippen LogP contribution is -2.52. The van der Waals surface area contributed by atoms with Gasteiger partial charge in [-0.3, -0.25) is 9.59 Å². The fourth-order valence-corrected chi connectivity index (χ4v) is 2.19. The van der Waals surface area contributed by atoms with Gasteiger partial charge in [0.2, 0.25) is 5.91 Å². The minimum Gasteiger partial charge on any atom is -0.340 e. The highest BCUT2D eigenvalue weighted by Gasteiger charge is 2.26. The highest BCUT2D eigenvalue weighted by atomic mass is 32.2. The summed E-state index contributed by atoms with van der Waals surface area (Å²) in [5.74, 6) is -0.458. The van der Waals surface area contributed by atoms with Crippen molar-refractivity contribution in [2.24, 2.45) is 5.14 Å². The molecule has 1 saturated heterocycles. The SMILES string of the molecule is CC(=O)CC(=O)N1CCN(S(N)(=O)=O)CC1. The van der Waals surface area contributed by atoms with E-state index in [4.69, 9.17) is 5.14 Å². The fraction of sp³-hybridized carbons (Fsp3) is 0.750. The lowest BCUT2D eigenvalue weighted by atomic mass is 10.2. The minimum absolute atomic E-state index is 0.130. The molecule has 0 atom stereocenters. The third-order valence-electron chi connectivity index (χ3n) is 2.35. The maximum atomic E-state index is 11.5. The Morgan fingerprint density at radius 3 is 2.06 bits per heavy atom. The summed E-state index contributed by atoms with van der Waals surface area (Å²) in [4.78, 5) is 23.7. The van der Waals surface area contributed by atoms with Gasteiger partial charge in [-0.15, -0.1) is 0 Å². The predicted octanol–water partition coefficient (Wildman–Crippen LogP) is -1.69. The highest BCUT2D eigenvalue weighted by molar-refractivity contribution is 7.86. The molecule has 0 radical (unpaired) electrons. The first kappa shape index (κ1) is 13.1. The van der Waals surface area contributed by atoms with Crippen LogP contribution >= 0.6 is 0 Å². The molecule has 0 unspecified atom stereocenters. The van der Waals surface area contributed by atoms with Crippen molar-refractivity contribution >= 4 is 21.9 Å². The fourth-order valence-electron chi connectivity index (χ4n) is 1.52. The molecule has 92 valence electrons. The summed E-state index contributed by atoms with van der Waals surface area (Å²) in [6, 6.07) is 0. The molecule has 0 aromatic heterocycles. The van der Waals surface area contributed by atoms with Gasteiger partial charge in [0.15, 0.2) is 0 Å². The van der Waals surface area contributed by atoms with Gasteiger partial charge in [-0.05, 0) is 6.92 Å². The molecule has 0 aromatic rings. The van der Waals surface area contributed by atoms with E-state index in [2.05, 4.69) is 0 Å². The summed E-state index contributed by atoms with van der Waals surface area (Å²) >= 11 is 0. The third-order valence-corrected chi connectivity index (χ3v) is 3.44. The molecule has 0 aliphatic carbocycles. The average molecular weight is 249 g/mol. The zero-order valence-electron chi connectivity index (χ0n) is 9.05. The molecule has 1 rings (SSSR count). The molecular formula is C8H15N3O4S. The van der Waals surface area contributed by atoms with E-state index in [9.17, 15) is 18.0 Å². The second-order valence-electron chi connectivity index (χ2n) is 3.70. The van der Waals surface area contributed by atoms with Gasteiger partial charge in [0.05, 0.1) is 6.42 Å². The van der Waals surface area contributed by atoms with E-state index in [1.807, 2.05) is 0 Å². The number of hydrogen-bond acceptors (Lipinski definition) is 4. The van der Waals surface area contributed by atoms with E-state index in [0.717, 1.165) is 4.31 Å².